The first-order chi connectivity index (χ1) is 4.74. The minimum Gasteiger partial charge on any atom is -0.384 e. The Bertz CT molecular complexity index is 285. The van der Waals surface area contributed by atoms with Crippen LogP contribution in [0.3, 0.4) is 0 Å². The van der Waals surface area contributed by atoms with Gasteiger partial charge in [-0.1, -0.05) is 0 Å². The summed E-state index contributed by atoms with van der Waals surface area (Å²) in [6.07, 6.45) is 1.47. The number of rotatable bonds is 0. The number of nitrogen functional groups attached to an aromatic ring is 1. The van der Waals surface area contributed by atoms with Gasteiger partial charge >= 0.3 is 0 Å². The van der Waals surface area contributed by atoms with E-state index in [1.807, 2.05) is 6.92 Å². The molecule has 10 heavy (non-hydrogen) atoms. The molecule has 50 valence electrons. The van der Waals surface area contributed by atoms with Crippen molar-refractivity contribution in [1.29, 1.82) is 0 Å². The van der Waals surface area contributed by atoms with Gasteiger partial charge in [0.25, 0.3) is 0 Å². The minimum atomic E-state index is 0.493. The number of aromatic nitrogens is 1. The summed E-state index contributed by atoms with van der Waals surface area (Å²) in [6.45, 7) is 8.49. The maximum atomic E-state index is 6.66. The fourth-order valence-corrected chi connectivity index (χ4v) is 0.632. The highest BCUT2D eigenvalue weighted by molar-refractivity contribution is 5.51. The summed E-state index contributed by atoms with van der Waals surface area (Å²) in [5.41, 5.74) is 6.82. The van der Waals surface area contributed by atoms with Gasteiger partial charge in [0.15, 0.2) is 0 Å². The minimum absolute atomic E-state index is 0.493. The van der Waals surface area contributed by atoms with Crippen LogP contribution in [0.4, 0.5) is 11.5 Å². The summed E-state index contributed by atoms with van der Waals surface area (Å²) < 4.78 is 0. The highest BCUT2D eigenvalue weighted by atomic mass is 14.8. The van der Waals surface area contributed by atoms with Gasteiger partial charge in [0, 0.05) is 6.20 Å². The maximum absolute atomic E-state index is 6.66. The summed E-state index contributed by atoms with van der Waals surface area (Å²) in [7, 11) is 0. The molecule has 0 bridgehead atoms. The number of pyridine rings is 1. The van der Waals surface area contributed by atoms with Crippen molar-refractivity contribution in [1.82, 2.24) is 4.98 Å². The largest absolute Gasteiger partial charge is 0.384 e. The molecule has 0 spiro atoms. The van der Waals surface area contributed by atoms with Gasteiger partial charge in [0.2, 0.25) is 5.69 Å². The van der Waals surface area contributed by atoms with Crippen LogP contribution in [-0.2, 0) is 0 Å². The van der Waals surface area contributed by atoms with Crippen molar-refractivity contribution in [3.63, 3.8) is 0 Å². The van der Waals surface area contributed by atoms with Crippen LogP contribution in [-0.4, -0.2) is 4.98 Å². The molecule has 0 aliphatic carbocycles. The standard InChI is InChI=1S/C7H7N3/c1-5-3-6(9-2)4-10-7(5)8/h3-4H,1H3,(H2,8,10). The van der Waals surface area contributed by atoms with E-state index in [1.165, 1.54) is 6.20 Å². The van der Waals surface area contributed by atoms with Crippen LogP contribution >= 0.6 is 0 Å². The number of nitrogens with two attached hydrogens (primary N) is 1. The average molecular weight is 133 g/mol. The predicted octanol–water partition coefficient (Wildman–Crippen LogP) is 1.52. The third-order valence-corrected chi connectivity index (χ3v) is 1.23. The van der Waals surface area contributed by atoms with E-state index in [0.29, 0.717) is 11.5 Å². The Morgan fingerprint density at radius 2 is 2.40 bits per heavy atom. The summed E-state index contributed by atoms with van der Waals surface area (Å²) in [5, 5.41) is 0. The van der Waals surface area contributed by atoms with Gasteiger partial charge in [0.1, 0.15) is 5.82 Å². The summed E-state index contributed by atoms with van der Waals surface area (Å²) in [5.74, 6) is 0.493. The van der Waals surface area contributed by atoms with E-state index in [2.05, 4.69) is 9.83 Å². The van der Waals surface area contributed by atoms with Crippen LogP contribution in [0.25, 0.3) is 4.85 Å². The zero-order chi connectivity index (χ0) is 7.56. The van der Waals surface area contributed by atoms with Gasteiger partial charge in [-0.15, -0.1) is 0 Å². The molecule has 1 rings (SSSR count). The van der Waals surface area contributed by atoms with Gasteiger partial charge < -0.3 is 5.73 Å². The third-order valence-electron chi connectivity index (χ3n) is 1.23. The Hall–Kier alpha value is -1.56. The predicted molar refractivity (Wildman–Crippen MR) is 39.6 cm³/mol. The van der Waals surface area contributed by atoms with Crippen LogP contribution in [0, 0.1) is 13.5 Å². The van der Waals surface area contributed by atoms with E-state index in [1.54, 1.807) is 6.07 Å². The second-order valence-corrected chi connectivity index (χ2v) is 2.01. The van der Waals surface area contributed by atoms with E-state index >= 15 is 0 Å². The third kappa shape index (κ3) is 1.06. The molecule has 0 unspecified atom stereocenters. The zero-order valence-corrected chi connectivity index (χ0v) is 5.63. The number of hydrogen-bond acceptors (Lipinski definition) is 2. The van der Waals surface area contributed by atoms with Crippen LogP contribution in [0.1, 0.15) is 5.56 Å². The maximum Gasteiger partial charge on any atom is 0.205 e. The molecule has 0 atom stereocenters. The smallest absolute Gasteiger partial charge is 0.205 e. The molecular formula is C7H7N3. The van der Waals surface area contributed by atoms with Gasteiger partial charge in [0.05, 0.1) is 6.57 Å². The fourth-order valence-electron chi connectivity index (χ4n) is 0.632. The molecule has 3 nitrogen and oxygen atoms in total. The molecule has 0 aromatic carbocycles. The lowest BCUT2D eigenvalue weighted by Crippen LogP contribution is -1.91. The van der Waals surface area contributed by atoms with Crippen molar-refractivity contribution in [3.05, 3.63) is 29.2 Å². The molecule has 0 aliphatic heterocycles. The molecule has 1 aromatic heterocycles. The first-order valence-electron chi connectivity index (χ1n) is 2.83. The van der Waals surface area contributed by atoms with Gasteiger partial charge in [-0.05, 0) is 18.6 Å². The summed E-state index contributed by atoms with van der Waals surface area (Å²) in [4.78, 5) is 7.02. The van der Waals surface area contributed by atoms with Crippen LogP contribution in [0.15, 0.2) is 12.3 Å². The van der Waals surface area contributed by atoms with Crippen molar-refractivity contribution in [2.24, 2.45) is 0 Å². The summed E-state index contributed by atoms with van der Waals surface area (Å²) in [6, 6.07) is 1.72. The lowest BCUT2D eigenvalue weighted by Gasteiger charge is -1.96. The Labute approximate surface area is 59.3 Å². The molecule has 0 amide bonds. The number of nitrogens with zero attached hydrogens (tertiary/aromatic N) is 2. The van der Waals surface area contributed by atoms with Crippen molar-refractivity contribution in [2.45, 2.75) is 6.92 Å². The highest BCUT2D eigenvalue weighted by Crippen LogP contribution is 2.15. The topological polar surface area (TPSA) is 43.3 Å². The van der Waals surface area contributed by atoms with E-state index in [-0.39, 0.29) is 0 Å². The lowest BCUT2D eigenvalue weighted by atomic mass is 10.3. The van der Waals surface area contributed by atoms with Crippen molar-refractivity contribution in [2.75, 3.05) is 5.73 Å². The zero-order valence-electron chi connectivity index (χ0n) is 5.63. The van der Waals surface area contributed by atoms with Crippen LogP contribution in [0.5, 0.6) is 0 Å². The first-order valence-corrected chi connectivity index (χ1v) is 2.83. The van der Waals surface area contributed by atoms with Crippen molar-refractivity contribution in [3.8, 4) is 0 Å². The Balaban J connectivity index is 3.20. The number of hydrogen-bond donors (Lipinski definition) is 1. The monoisotopic (exact) mass is 133 g/mol. The molecule has 0 saturated carbocycles. The number of aryl methyl sites for hydroxylation is 1. The Morgan fingerprint density at radius 3 is 2.90 bits per heavy atom. The molecule has 0 aliphatic rings. The van der Waals surface area contributed by atoms with Gasteiger partial charge in [-0.25, -0.2) is 4.85 Å². The summed E-state index contributed by atoms with van der Waals surface area (Å²) >= 11 is 0. The molecule has 0 fully saturated rings. The molecule has 2 N–H and O–H groups in total. The highest BCUT2D eigenvalue weighted by Gasteiger charge is 1.94. The normalized spacial score (nSPS) is 8.80. The van der Waals surface area contributed by atoms with E-state index in [9.17, 15) is 0 Å². The molecule has 1 aromatic rings. The number of anilines is 1. The molecule has 0 radical (unpaired) electrons. The fraction of sp³-hybridized carbons (Fsp3) is 0.143. The molecule has 3 heteroatoms. The van der Waals surface area contributed by atoms with E-state index in [0.717, 1.165) is 5.56 Å². The van der Waals surface area contributed by atoms with E-state index in [4.69, 9.17) is 12.3 Å². The Morgan fingerprint density at radius 1 is 1.70 bits per heavy atom. The molecule has 0 saturated heterocycles. The second-order valence-electron chi connectivity index (χ2n) is 2.01. The van der Waals surface area contributed by atoms with Gasteiger partial charge in [-0.2, -0.15) is 0 Å². The SMILES string of the molecule is [C-]#[N+]c1cnc(N)c(C)c1. The van der Waals surface area contributed by atoms with Crippen molar-refractivity contribution < 1.29 is 0 Å². The van der Waals surface area contributed by atoms with Gasteiger partial charge in [-0.3, -0.25) is 4.98 Å². The Kier molecular flexibility index (Phi) is 1.55. The van der Waals surface area contributed by atoms with E-state index < -0.39 is 0 Å². The van der Waals surface area contributed by atoms with Crippen LogP contribution in [0.2, 0.25) is 0 Å². The van der Waals surface area contributed by atoms with Crippen LogP contribution < -0.4 is 5.73 Å². The molecular weight excluding hydrogens is 126 g/mol. The van der Waals surface area contributed by atoms with Crippen molar-refractivity contribution >= 4 is 11.5 Å². The lowest BCUT2D eigenvalue weighted by molar-refractivity contribution is 1.29. The first kappa shape index (κ1) is 6.56. The molecule has 1 heterocycles. The second kappa shape index (κ2) is 2.36. The average Bonchev–Trinajstić information content (AvgIpc) is 1.95. The quantitative estimate of drug-likeness (QED) is 0.545.